The molecule has 0 spiro atoms. The molecule has 2 rings (SSSR count). The van der Waals surface area contributed by atoms with Gasteiger partial charge in [0.1, 0.15) is 0 Å². The van der Waals surface area contributed by atoms with Gasteiger partial charge in [0.25, 0.3) is 0 Å². The van der Waals surface area contributed by atoms with E-state index in [0.717, 1.165) is 0 Å². The van der Waals surface area contributed by atoms with Crippen LogP contribution in [0.15, 0.2) is 55.0 Å². The van der Waals surface area contributed by atoms with Crippen LogP contribution in [0.1, 0.15) is 0 Å². The van der Waals surface area contributed by atoms with Crippen LogP contribution in [0.5, 0.6) is 0 Å². The molecule has 0 aliphatic carbocycles. The molecule has 0 aromatic carbocycles. The molecule has 2 heterocycles. The van der Waals surface area contributed by atoms with Gasteiger partial charge in [-0.25, -0.2) is 0 Å². The molecular formula is C10H9LiN2. The van der Waals surface area contributed by atoms with Gasteiger partial charge in [0.05, 0.1) is 0 Å². The normalized spacial score (nSPS) is 7.38. The number of aromatic nitrogens is 2. The minimum absolute atomic E-state index is 0. The minimum Gasteiger partial charge on any atom is -0.394 e. The van der Waals surface area contributed by atoms with Gasteiger partial charge in [-0.15, -0.1) is 0 Å². The Hall–Kier alpha value is -1.10. The average molecular weight is 164 g/mol. The van der Waals surface area contributed by atoms with E-state index in [4.69, 9.17) is 0 Å². The van der Waals surface area contributed by atoms with Crippen molar-refractivity contribution in [1.82, 2.24) is 9.97 Å². The van der Waals surface area contributed by atoms with Crippen molar-refractivity contribution >= 4 is 0 Å². The standard InChI is InChI=1S/C5H5N.C5H4N.Li/c2*1-2-4-6-5-3-1;/h1-5H;1-4H;/q;-1;+1. The van der Waals surface area contributed by atoms with E-state index in [-0.39, 0.29) is 18.9 Å². The second-order valence-electron chi connectivity index (χ2n) is 1.98. The van der Waals surface area contributed by atoms with Crippen LogP contribution >= 0.6 is 0 Å². The maximum Gasteiger partial charge on any atom is 1.00 e. The Morgan fingerprint density at radius 3 is 1.62 bits per heavy atom. The predicted octanol–water partition coefficient (Wildman–Crippen LogP) is -1.03. The fraction of sp³-hybridized carbons (Fsp3) is 0. The van der Waals surface area contributed by atoms with E-state index in [0.29, 0.717) is 0 Å². The van der Waals surface area contributed by atoms with E-state index < -0.39 is 0 Å². The summed E-state index contributed by atoms with van der Waals surface area (Å²) in [7, 11) is 0. The summed E-state index contributed by atoms with van der Waals surface area (Å²) in [5, 5.41) is 0. The van der Waals surface area contributed by atoms with Crippen LogP contribution in [0.4, 0.5) is 0 Å². The molecule has 0 aliphatic rings. The molecule has 13 heavy (non-hydrogen) atoms. The molecule has 2 aromatic rings. The summed E-state index contributed by atoms with van der Waals surface area (Å²) < 4.78 is 0. The topological polar surface area (TPSA) is 25.8 Å². The second kappa shape index (κ2) is 8.99. The zero-order chi connectivity index (χ0) is 8.49. The van der Waals surface area contributed by atoms with E-state index in [1.54, 1.807) is 24.7 Å². The zero-order valence-electron chi connectivity index (χ0n) is 7.59. The van der Waals surface area contributed by atoms with Crippen molar-refractivity contribution < 1.29 is 18.9 Å². The molecule has 0 fully saturated rings. The molecule has 0 bridgehead atoms. The first-order valence-corrected chi connectivity index (χ1v) is 3.62. The summed E-state index contributed by atoms with van der Waals surface area (Å²) >= 11 is 0. The van der Waals surface area contributed by atoms with Gasteiger partial charge >= 0.3 is 18.9 Å². The summed E-state index contributed by atoms with van der Waals surface area (Å²) in [5.74, 6) is 0. The molecule has 0 atom stereocenters. The van der Waals surface area contributed by atoms with Gasteiger partial charge in [0.2, 0.25) is 0 Å². The average Bonchev–Trinajstić information content (AvgIpc) is 2.24. The van der Waals surface area contributed by atoms with E-state index in [9.17, 15) is 0 Å². The maximum atomic E-state index is 3.78. The molecule has 0 aliphatic heterocycles. The molecule has 3 heteroatoms. The van der Waals surface area contributed by atoms with Gasteiger partial charge in [-0.1, -0.05) is 18.5 Å². The van der Waals surface area contributed by atoms with Crippen LogP contribution in [0.2, 0.25) is 0 Å². The van der Waals surface area contributed by atoms with Crippen LogP contribution < -0.4 is 18.9 Å². The fourth-order valence-corrected chi connectivity index (χ4v) is 0.590. The minimum atomic E-state index is 0. The van der Waals surface area contributed by atoms with E-state index in [1.807, 2.05) is 30.3 Å². The Kier molecular flexibility index (Phi) is 8.23. The van der Waals surface area contributed by atoms with Crippen LogP contribution in [-0.4, -0.2) is 9.97 Å². The molecular weight excluding hydrogens is 155 g/mol. The largest absolute Gasteiger partial charge is 1.00 e. The summed E-state index contributed by atoms with van der Waals surface area (Å²) in [4.78, 5) is 7.44. The van der Waals surface area contributed by atoms with Crippen molar-refractivity contribution in [1.29, 1.82) is 0 Å². The first-order chi connectivity index (χ1) is 6.00. The van der Waals surface area contributed by atoms with Crippen molar-refractivity contribution in [3.05, 3.63) is 61.2 Å². The summed E-state index contributed by atoms with van der Waals surface area (Å²) in [6.07, 6.45) is 7.84. The zero-order valence-corrected chi connectivity index (χ0v) is 7.59. The van der Waals surface area contributed by atoms with E-state index >= 15 is 0 Å². The van der Waals surface area contributed by atoms with E-state index in [1.165, 1.54) is 0 Å². The smallest absolute Gasteiger partial charge is 0.394 e. The fourth-order valence-electron chi connectivity index (χ4n) is 0.590. The van der Waals surface area contributed by atoms with Gasteiger partial charge in [0, 0.05) is 12.4 Å². The summed E-state index contributed by atoms with van der Waals surface area (Å²) in [6, 6.07) is 11.2. The van der Waals surface area contributed by atoms with Gasteiger partial charge in [-0.3, -0.25) is 4.98 Å². The first-order valence-electron chi connectivity index (χ1n) is 3.62. The van der Waals surface area contributed by atoms with Crippen LogP contribution in [-0.2, 0) is 0 Å². The Morgan fingerprint density at radius 2 is 1.46 bits per heavy atom. The van der Waals surface area contributed by atoms with Crippen LogP contribution in [0, 0.1) is 6.20 Å². The molecule has 0 unspecified atom stereocenters. The number of nitrogens with zero attached hydrogens (tertiary/aromatic N) is 2. The Bertz CT molecular complexity index is 188. The van der Waals surface area contributed by atoms with Crippen molar-refractivity contribution in [3.63, 3.8) is 0 Å². The molecule has 0 radical (unpaired) electrons. The van der Waals surface area contributed by atoms with Gasteiger partial charge in [-0.05, 0) is 12.1 Å². The third-order valence-electron chi connectivity index (χ3n) is 1.08. The molecule has 0 saturated carbocycles. The van der Waals surface area contributed by atoms with Crippen LogP contribution in [0.25, 0.3) is 0 Å². The molecule has 60 valence electrons. The third-order valence-corrected chi connectivity index (χ3v) is 1.08. The SMILES string of the molecule is [Li+].[c-]1ccccn1.c1ccncc1. The monoisotopic (exact) mass is 164 g/mol. The van der Waals surface area contributed by atoms with Gasteiger partial charge in [-0.2, -0.15) is 18.2 Å². The molecule has 0 saturated heterocycles. The molecule has 0 N–H and O–H groups in total. The Morgan fingerprint density at radius 1 is 0.769 bits per heavy atom. The predicted molar refractivity (Wildman–Crippen MR) is 47.3 cm³/mol. The summed E-state index contributed by atoms with van der Waals surface area (Å²) in [5.41, 5.74) is 0. The second-order valence-corrected chi connectivity index (χ2v) is 1.98. The maximum absolute atomic E-state index is 3.78. The molecule has 2 aromatic heterocycles. The summed E-state index contributed by atoms with van der Waals surface area (Å²) in [6.45, 7) is 0. The van der Waals surface area contributed by atoms with E-state index in [2.05, 4.69) is 16.2 Å². The number of hydrogen-bond donors (Lipinski definition) is 0. The van der Waals surface area contributed by atoms with Crippen molar-refractivity contribution in [2.45, 2.75) is 0 Å². The van der Waals surface area contributed by atoms with Gasteiger partial charge in [0.15, 0.2) is 0 Å². The number of rotatable bonds is 0. The van der Waals surface area contributed by atoms with Crippen molar-refractivity contribution in [3.8, 4) is 0 Å². The van der Waals surface area contributed by atoms with Gasteiger partial charge < -0.3 is 4.98 Å². The van der Waals surface area contributed by atoms with Crippen molar-refractivity contribution in [2.24, 2.45) is 0 Å². The van der Waals surface area contributed by atoms with Crippen LogP contribution in [0.3, 0.4) is 0 Å². The third kappa shape index (κ3) is 7.26. The first kappa shape index (κ1) is 11.9. The quantitative estimate of drug-likeness (QED) is 0.367. The number of pyridine rings is 2. The van der Waals surface area contributed by atoms with Crippen molar-refractivity contribution in [2.75, 3.05) is 0 Å². The Labute approximate surface area is 90.2 Å². The molecule has 2 nitrogen and oxygen atoms in total. The Balaban J connectivity index is 0.000000206. The molecule has 0 amide bonds. The number of hydrogen-bond acceptors (Lipinski definition) is 2.